The zero-order valence-corrected chi connectivity index (χ0v) is 8.01. The third-order valence-electron chi connectivity index (χ3n) is 2.00. The minimum Gasteiger partial charge on any atom is -0.316 e. The summed E-state index contributed by atoms with van der Waals surface area (Å²) in [6.45, 7) is 0.887. The first-order chi connectivity index (χ1) is 6.90. The van der Waals surface area contributed by atoms with Crippen LogP contribution in [0, 0.1) is 0 Å². The maximum absolute atomic E-state index is 4.05. The first-order valence-electron chi connectivity index (χ1n) is 4.48. The number of rotatable bonds is 3. The second kappa shape index (κ2) is 4.02. The van der Waals surface area contributed by atoms with E-state index < -0.39 is 0 Å². The van der Waals surface area contributed by atoms with Crippen LogP contribution < -0.4 is 5.32 Å². The number of benzene rings is 1. The van der Waals surface area contributed by atoms with Gasteiger partial charge in [-0.1, -0.05) is 12.1 Å². The first kappa shape index (κ1) is 8.90. The van der Waals surface area contributed by atoms with Crippen LogP contribution in [-0.2, 0) is 6.54 Å². The van der Waals surface area contributed by atoms with Crippen molar-refractivity contribution in [3.63, 3.8) is 0 Å². The topological polar surface area (TPSA) is 42.7 Å². The fourth-order valence-corrected chi connectivity index (χ4v) is 1.31. The van der Waals surface area contributed by atoms with Gasteiger partial charge in [0.1, 0.15) is 12.7 Å². The van der Waals surface area contributed by atoms with Gasteiger partial charge in [-0.2, -0.15) is 5.10 Å². The minimum atomic E-state index is 0.887. The maximum atomic E-state index is 4.05. The summed E-state index contributed by atoms with van der Waals surface area (Å²) in [7, 11) is 1.94. The Morgan fingerprint density at radius 1 is 1.29 bits per heavy atom. The predicted octanol–water partition coefficient (Wildman–Crippen LogP) is 0.987. The quantitative estimate of drug-likeness (QED) is 0.781. The number of nitrogens with one attached hydrogen (secondary N) is 1. The molecule has 0 aliphatic heterocycles. The van der Waals surface area contributed by atoms with Crippen LogP contribution in [0.4, 0.5) is 0 Å². The zero-order chi connectivity index (χ0) is 9.80. The van der Waals surface area contributed by atoms with Crippen molar-refractivity contribution in [2.24, 2.45) is 0 Å². The molecule has 1 heterocycles. The molecule has 0 aliphatic carbocycles. The average Bonchev–Trinajstić information content (AvgIpc) is 2.72. The Labute approximate surface area is 82.6 Å². The molecule has 0 aliphatic rings. The van der Waals surface area contributed by atoms with Crippen LogP contribution in [0.5, 0.6) is 0 Å². The van der Waals surface area contributed by atoms with E-state index in [1.807, 2.05) is 19.2 Å². The Hall–Kier alpha value is -1.68. The van der Waals surface area contributed by atoms with Gasteiger partial charge in [-0.25, -0.2) is 9.67 Å². The highest BCUT2D eigenvalue weighted by Gasteiger charge is 1.96. The summed E-state index contributed by atoms with van der Waals surface area (Å²) in [4.78, 5) is 3.90. The lowest BCUT2D eigenvalue weighted by atomic mass is 10.2. The van der Waals surface area contributed by atoms with Gasteiger partial charge in [-0.05, 0) is 24.7 Å². The van der Waals surface area contributed by atoms with Crippen molar-refractivity contribution in [2.75, 3.05) is 7.05 Å². The molecule has 72 valence electrons. The highest BCUT2D eigenvalue weighted by Crippen LogP contribution is 2.07. The number of aromatic nitrogens is 3. The summed E-state index contributed by atoms with van der Waals surface area (Å²) in [5, 5.41) is 7.16. The molecule has 2 rings (SSSR count). The Morgan fingerprint density at radius 2 is 2.07 bits per heavy atom. The molecule has 2 aromatic rings. The Balaban J connectivity index is 2.22. The summed E-state index contributed by atoms with van der Waals surface area (Å²) < 4.78 is 1.74. The van der Waals surface area contributed by atoms with Gasteiger partial charge < -0.3 is 5.32 Å². The van der Waals surface area contributed by atoms with E-state index in [0.717, 1.165) is 12.2 Å². The Kier molecular flexibility index (Phi) is 2.55. The summed E-state index contributed by atoms with van der Waals surface area (Å²) in [6, 6.07) is 8.21. The van der Waals surface area contributed by atoms with Crippen molar-refractivity contribution >= 4 is 0 Å². The van der Waals surface area contributed by atoms with E-state index in [-0.39, 0.29) is 0 Å². The normalized spacial score (nSPS) is 10.4. The van der Waals surface area contributed by atoms with Crippen molar-refractivity contribution in [3.8, 4) is 5.69 Å². The number of hydrogen-bond acceptors (Lipinski definition) is 3. The molecule has 4 nitrogen and oxygen atoms in total. The molecular formula is C10H12N4. The molecule has 1 aromatic carbocycles. The molecule has 1 aromatic heterocycles. The summed E-state index contributed by atoms with van der Waals surface area (Å²) in [5.41, 5.74) is 2.29. The SMILES string of the molecule is CNCc1ccc(-n2cncn2)cc1. The van der Waals surface area contributed by atoms with Gasteiger partial charge in [0.2, 0.25) is 0 Å². The van der Waals surface area contributed by atoms with E-state index in [1.165, 1.54) is 11.9 Å². The lowest BCUT2D eigenvalue weighted by Crippen LogP contribution is -2.05. The van der Waals surface area contributed by atoms with Gasteiger partial charge >= 0.3 is 0 Å². The van der Waals surface area contributed by atoms with Gasteiger partial charge in [0.05, 0.1) is 5.69 Å². The third-order valence-corrected chi connectivity index (χ3v) is 2.00. The molecule has 0 amide bonds. The van der Waals surface area contributed by atoms with Gasteiger partial charge in [-0.3, -0.25) is 0 Å². The molecular weight excluding hydrogens is 176 g/mol. The van der Waals surface area contributed by atoms with E-state index in [1.54, 1.807) is 11.0 Å². The molecule has 0 fully saturated rings. The smallest absolute Gasteiger partial charge is 0.138 e. The second-order valence-electron chi connectivity index (χ2n) is 3.04. The minimum absolute atomic E-state index is 0.887. The first-order valence-corrected chi connectivity index (χ1v) is 4.48. The summed E-state index contributed by atoms with van der Waals surface area (Å²) in [6.07, 6.45) is 3.22. The van der Waals surface area contributed by atoms with Crippen LogP contribution in [0.25, 0.3) is 5.69 Å². The van der Waals surface area contributed by atoms with Crippen LogP contribution >= 0.6 is 0 Å². The molecule has 0 saturated heterocycles. The van der Waals surface area contributed by atoms with Gasteiger partial charge in [0.15, 0.2) is 0 Å². The van der Waals surface area contributed by atoms with Crippen molar-refractivity contribution in [3.05, 3.63) is 42.5 Å². The van der Waals surface area contributed by atoms with Crippen LogP contribution in [0.2, 0.25) is 0 Å². The molecule has 0 unspecified atom stereocenters. The van der Waals surface area contributed by atoms with E-state index in [9.17, 15) is 0 Å². The standard InChI is InChI=1S/C10H12N4/c1-11-6-9-2-4-10(5-3-9)14-8-12-7-13-14/h2-5,7-8,11H,6H2,1H3. The molecule has 4 heteroatoms. The molecule has 0 radical (unpaired) electrons. The van der Waals surface area contributed by atoms with E-state index in [0.29, 0.717) is 0 Å². The fraction of sp³-hybridized carbons (Fsp3) is 0.200. The van der Waals surface area contributed by atoms with Gasteiger partial charge in [-0.15, -0.1) is 0 Å². The Bertz CT molecular complexity index is 377. The number of hydrogen-bond donors (Lipinski definition) is 1. The molecule has 0 spiro atoms. The largest absolute Gasteiger partial charge is 0.316 e. The van der Waals surface area contributed by atoms with Crippen molar-refractivity contribution < 1.29 is 0 Å². The molecule has 0 atom stereocenters. The Morgan fingerprint density at radius 3 is 2.64 bits per heavy atom. The molecule has 0 bridgehead atoms. The van der Waals surface area contributed by atoms with Crippen molar-refractivity contribution in [1.82, 2.24) is 20.1 Å². The fourth-order valence-electron chi connectivity index (χ4n) is 1.31. The number of nitrogens with zero attached hydrogens (tertiary/aromatic N) is 3. The second-order valence-corrected chi connectivity index (χ2v) is 3.04. The lowest BCUT2D eigenvalue weighted by Gasteiger charge is -2.02. The predicted molar refractivity (Wildman–Crippen MR) is 54.1 cm³/mol. The summed E-state index contributed by atoms with van der Waals surface area (Å²) in [5.74, 6) is 0. The zero-order valence-electron chi connectivity index (χ0n) is 8.01. The van der Waals surface area contributed by atoms with Crippen LogP contribution in [0.1, 0.15) is 5.56 Å². The van der Waals surface area contributed by atoms with E-state index in [4.69, 9.17) is 0 Å². The van der Waals surface area contributed by atoms with Crippen LogP contribution in [-0.4, -0.2) is 21.8 Å². The monoisotopic (exact) mass is 188 g/mol. The molecule has 14 heavy (non-hydrogen) atoms. The van der Waals surface area contributed by atoms with Crippen molar-refractivity contribution in [1.29, 1.82) is 0 Å². The third kappa shape index (κ3) is 1.80. The van der Waals surface area contributed by atoms with Crippen LogP contribution in [0.3, 0.4) is 0 Å². The van der Waals surface area contributed by atoms with Gasteiger partial charge in [0, 0.05) is 6.54 Å². The molecule has 0 saturated carbocycles. The van der Waals surface area contributed by atoms with E-state index in [2.05, 4.69) is 27.5 Å². The summed E-state index contributed by atoms with van der Waals surface area (Å²) >= 11 is 0. The molecule has 1 N–H and O–H groups in total. The van der Waals surface area contributed by atoms with Gasteiger partial charge in [0.25, 0.3) is 0 Å². The average molecular weight is 188 g/mol. The maximum Gasteiger partial charge on any atom is 0.138 e. The van der Waals surface area contributed by atoms with Crippen LogP contribution in [0.15, 0.2) is 36.9 Å². The van der Waals surface area contributed by atoms with E-state index >= 15 is 0 Å². The lowest BCUT2D eigenvalue weighted by molar-refractivity contribution is 0.815. The highest BCUT2D eigenvalue weighted by atomic mass is 15.3. The highest BCUT2D eigenvalue weighted by molar-refractivity contribution is 5.33. The van der Waals surface area contributed by atoms with Crippen molar-refractivity contribution in [2.45, 2.75) is 6.54 Å².